The first-order chi connectivity index (χ1) is 11.1. The van der Waals surface area contributed by atoms with Crippen molar-refractivity contribution < 1.29 is 9.32 Å². The van der Waals surface area contributed by atoms with Gasteiger partial charge in [-0.25, -0.2) is 4.98 Å². The van der Waals surface area contributed by atoms with Crippen LogP contribution < -0.4 is 5.73 Å². The first kappa shape index (κ1) is 13.9. The van der Waals surface area contributed by atoms with Crippen molar-refractivity contribution >= 4 is 45.6 Å². The molecule has 0 unspecified atom stereocenters. The molecule has 0 amide bonds. The van der Waals surface area contributed by atoms with Crippen molar-refractivity contribution in [3.8, 4) is 11.5 Å². The van der Waals surface area contributed by atoms with Crippen LogP contribution in [0, 0.1) is 0 Å². The highest BCUT2D eigenvalue weighted by molar-refractivity contribution is 7.12. The van der Waals surface area contributed by atoms with E-state index in [1.54, 1.807) is 23.7 Å². The maximum atomic E-state index is 12.7. The number of nitrogens with one attached hydrogen (secondary N) is 1. The summed E-state index contributed by atoms with van der Waals surface area (Å²) in [6, 6.07) is 5.28. The fraction of sp³-hybridized carbons (Fsp3) is 0. The first-order valence-corrected chi connectivity index (χ1v) is 7.74. The van der Waals surface area contributed by atoms with Crippen LogP contribution in [0.3, 0.4) is 0 Å². The molecule has 0 atom stereocenters. The standard InChI is InChI=1S/C14H8ClN5O2S/c15-6-1-2-9-7(3-6)8(4-17-9)11(21)13-18-10(5-23-13)12-19-14(16)22-20-12/h1-5,17H,(H2,16,19,20). The van der Waals surface area contributed by atoms with Gasteiger partial charge in [0.25, 0.3) is 0 Å². The van der Waals surface area contributed by atoms with Gasteiger partial charge in [-0.3, -0.25) is 4.79 Å². The molecule has 3 aromatic heterocycles. The summed E-state index contributed by atoms with van der Waals surface area (Å²) in [4.78, 5) is 23.9. The summed E-state index contributed by atoms with van der Waals surface area (Å²) in [6.07, 6.45) is 1.65. The van der Waals surface area contributed by atoms with Crippen LogP contribution in [0.1, 0.15) is 15.4 Å². The number of nitrogens with zero attached hydrogens (tertiary/aromatic N) is 3. The number of anilines is 1. The number of rotatable bonds is 3. The maximum absolute atomic E-state index is 12.7. The number of benzene rings is 1. The van der Waals surface area contributed by atoms with Gasteiger partial charge in [0, 0.05) is 27.5 Å². The van der Waals surface area contributed by atoms with Gasteiger partial charge in [0.2, 0.25) is 11.6 Å². The number of carbonyl (C=O) groups is 1. The van der Waals surface area contributed by atoms with Crippen molar-refractivity contribution in [3.05, 3.63) is 45.4 Å². The number of aromatic nitrogens is 4. The van der Waals surface area contributed by atoms with Crippen LogP contribution in [0.4, 0.5) is 6.01 Å². The summed E-state index contributed by atoms with van der Waals surface area (Å²) in [6.45, 7) is 0. The molecule has 0 bridgehead atoms. The third kappa shape index (κ3) is 2.37. The molecular weight excluding hydrogens is 338 g/mol. The van der Waals surface area contributed by atoms with E-state index in [4.69, 9.17) is 21.9 Å². The Kier molecular flexibility index (Phi) is 3.14. The van der Waals surface area contributed by atoms with E-state index >= 15 is 0 Å². The summed E-state index contributed by atoms with van der Waals surface area (Å²) in [5.41, 5.74) is 7.17. The predicted molar refractivity (Wildman–Crippen MR) is 86.6 cm³/mol. The zero-order valence-electron chi connectivity index (χ0n) is 11.4. The zero-order valence-corrected chi connectivity index (χ0v) is 13.0. The maximum Gasteiger partial charge on any atom is 0.319 e. The van der Waals surface area contributed by atoms with E-state index in [1.165, 1.54) is 11.3 Å². The second kappa shape index (κ2) is 5.18. The molecule has 0 aliphatic rings. The minimum Gasteiger partial charge on any atom is -0.360 e. The molecular formula is C14H8ClN5O2S. The van der Waals surface area contributed by atoms with Gasteiger partial charge in [0.1, 0.15) is 5.69 Å². The van der Waals surface area contributed by atoms with Gasteiger partial charge in [0.15, 0.2) is 5.01 Å². The van der Waals surface area contributed by atoms with Crippen molar-refractivity contribution in [1.29, 1.82) is 0 Å². The van der Waals surface area contributed by atoms with Gasteiger partial charge >= 0.3 is 6.01 Å². The minimum atomic E-state index is -0.203. The Labute approximate surface area is 138 Å². The van der Waals surface area contributed by atoms with Gasteiger partial charge in [-0.15, -0.1) is 11.3 Å². The van der Waals surface area contributed by atoms with E-state index in [0.29, 0.717) is 21.3 Å². The smallest absolute Gasteiger partial charge is 0.319 e. The highest BCUT2D eigenvalue weighted by atomic mass is 35.5. The normalized spacial score (nSPS) is 11.2. The van der Waals surface area contributed by atoms with Crippen molar-refractivity contribution in [3.63, 3.8) is 0 Å². The van der Waals surface area contributed by atoms with Crippen LogP contribution in [0.2, 0.25) is 5.02 Å². The number of nitrogens with two attached hydrogens (primary N) is 1. The molecule has 0 saturated carbocycles. The molecule has 4 rings (SSSR count). The van der Waals surface area contributed by atoms with Crippen molar-refractivity contribution in [1.82, 2.24) is 20.1 Å². The zero-order chi connectivity index (χ0) is 16.0. The fourth-order valence-electron chi connectivity index (χ4n) is 2.22. The number of ketones is 1. The van der Waals surface area contributed by atoms with E-state index < -0.39 is 0 Å². The lowest BCUT2D eigenvalue weighted by atomic mass is 10.1. The lowest BCUT2D eigenvalue weighted by molar-refractivity contribution is 0.104. The van der Waals surface area contributed by atoms with Crippen LogP contribution in [-0.4, -0.2) is 25.9 Å². The number of carbonyl (C=O) groups excluding carboxylic acids is 1. The molecule has 3 heterocycles. The van der Waals surface area contributed by atoms with Gasteiger partial charge in [-0.2, -0.15) is 4.98 Å². The number of fused-ring (bicyclic) bond motifs is 1. The largest absolute Gasteiger partial charge is 0.360 e. The number of aromatic amines is 1. The lowest BCUT2D eigenvalue weighted by Gasteiger charge is -1.96. The van der Waals surface area contributed by atoms with E-state index in [2.05, 4.69) is 20.1 Å². The summed E-state index contributed by atoms with van der Waals surface area (Å²) in [7, 11) is 0. The van der Waals surface area contributed by atoms with Crippen molar-refractivity contribution in [2.24, 2.45) is 0 Å². The minimum absolute atomic E-state index is 0.0489. The summed E-state index contributed by atoms with van der Waals surface area (Å²) >= 11 is 7.21. The highest BCUT2D eigenvalue weighted by Crippen LogP contribution is 2.27. The molecule has 9 heteroatoms. The fourth-order valence-corrected chi connectivity index (χ4v) is 3.14. The second-order valence-corrected chi connectivity index (χ2v) is 6.01. The number of nitrogen functional groups attached to an aromatic ring is 1. The van der Waals surface area contributed by atoms with E-state index in [9.17, 15) is 4.79 Å². The molecule has 0 aliphatic heterocycles. The Morgan fingerprint density at radius 3 is 3.00 bits per heavy atom. The number of halogens is 1. The average molecular weight is 346 g/mol. The third-order valence-corrected chi connectivity index (χ3v) is 4.33. The Hall–Kier alpha value is -2.71. The molecule has 0 aliphatic carbocycles. The van der Waals surface area contributed by atoms with Crippen LogP contribution in [0.15, 0.2) is 34.3 Å². The number of hydrogen-bond donors (Lipinski definition) is 2. The molecule has 0 radical (unpaired) electrons. The Morgan fingerprint density at radius 1 is 1.35 bits per heavy atom. The number of H-pyrrole nitrogens is 1. The number of thiazole rings is 1. The Bertz CT molecular complexity index is 1030. The molecule has 0 fully saturated rings. The molecule has 4 aromatic rings. The van der Waals surface area contributed by atoms with Crippen LogP contribution in [0.25, 0.3) is 22.4 Å². The van der Waals surface area contributed by atoms with Gasteiger partial charge < -0.3 is 15.2 Å². The second-order valence-electron chi connectivity index (χ2n) is 4.72. The van der Waals surface area contributed by atoms with Crippen LogP contribution >= 0.6 is 22.9 Å². The van der Waals surface area contributed by atoms with Crippen molar-refractivity contribution in [2.75, 3.05) is 5.73 Å². The van der Waals surface area contributed by atoms with E-state index in [1.807, 2.05) is 6.07 Å². The molecule has 0 spiro atoms. The van der Waals surface area contributed by atoms with Gasteiger partial charge in [-0.1, -0.05) is 16.8 Å². The van der Waals surface area contributed by atoms with Crippen LogP contribution in [-0.2, 0) is 0 Å². The molecule has 7 nitrogen and oxygen atoms in total. The third-order valence-electron chi connectivity index (χ3n) is 3.26. The average Bonchev–Trinajstić information content (AvgIpc) is 3.24. The Morgan fingerprint density at radius 2 is 2.22 bits per heavy atom. The van der Waals surface area contributed by atoms with Gasteiger partial charge in [0.05, 0.1) is 5.56 Å². The summed E-state index contributed by atoms with van der Waals surface area (Å²) in [5, 5.41) is 7.00. The monoisotopic (exact) mass is 345 g/mol. The van der Waals surface area contributed by atoms with E-state index in [0.717, 1.165) is 10.9 Å². The topological polar surface area (TPSA) is 111 Å². The molecule has 114 valence electrons. The van der Waals surface area contributed by atoms with Crippen molar-refractivity contribution in [2.45, 2.75) is 0 Å². The van der Waals surface area contributed by atoms with Gasteiger partial charge in [-0.05, 0) is 18.2 Å². The molecule has 23 heavy (non-hydrogen) atoms. The summed E-state index contributed by atoms with van der Waals surface area (Å²) in [5.74, 6) is 0.0472. The van der Waals surface area contributed by atoms with Crippen LogP contribution in [0.5, 0.6) is 0 Å². The molecule has 3 N–H and O–H groups in total. The summed E-state index contributed by atoms with van der Waals surface area (Å²) < 4.78 is 4.71. The molecule has 1 aromatic carbocycles. The SMILES string of the molecule is Nc1nc(-c2csc(C(=O)c3c[nH]c4ccc(Cl)cc34)n2)no1. The van der Waals surface area contributed by atoms with E-state index in [-0.39, 0.29) is 17.6 Å². The Balaban J connectivity index is 1.74. The first-order valence-electron chi connectivity index (χ1n) is 6.48. The quantitative estimate of drug-likeness (QED) is 0.552. The lowest BCUT2D eigenvalue weighted by Crippen LogP contribution is -1.99. The highest BCUT2D eigenvalue weighted by Gasteiger charge is 2.19. The predicted octanol–water partition coefficient (Wildman–Crippen LogP) is 3.14. The molecule has 0 saturated heterocycles. The number of hydrogen-bond acceptors (Lipinski definition) is 7.